The highest BCUT2D eigenvalue weighted by molar-refractivity contribution is 7.11. The maximum absolute atomic E-state index is 4.38. The molecule has 0 radical (unpaired) electrons. The van der Waals surface area contributed by atoms with E-state index in [0.29, 0.717) is 5.92 Å². The number of rotatable bonds is 5. The number of anilines is 1. The number of hydrogen-bond acceptors (Lipinski definition) is 3. The van der Waals surface area contributed by atoms with Gasteiger partial charge in [0.1, 0.15) is 0 Å². The topological polar surface area (TPSA) is 24.9 Å². The molecule has 0 amide bonds. The Hall–Kier alpha value is -1.35. The summed E-state index contributed by atoms with van der Waals surface area (Å²) in [5.41, 5.74) is 2.61. The average Bonchev–Trinajstić information content (AvgIpc) is 2.84. The van der Waals surface area contributed by atoms with Crippen molar-refractivity contribution >= 4 is 17.0 Å². The van der Waals surface area contributed by atoms with Gasteiger partial charge in [0.05, 0.1) is 11.6 Å². The van der Waals surface area contributed by atoms with Crippen LogP contribution in [0.2, 0.25) is 0 Å². The van der Waals surface area contributed by atoms with Crippen molar-refractivity contribution in [1.29, 1.82) is 0 Å². The van der Waals surface area contributed by atoms with Crippen molar-refractivity contribution in [2.45, 2.75) is 39.7 Å². The number of nitrogens with zero attached hydrogens (tertiary/aromatic N) is 1. The van der Waals surface area contributed by atoms with Crippen molar-refractivity contribution in [2.75, 3.05) is 5.32 Å². The number of aryl methyl sites for hydroxylation is 1. The third-order valence-electron chi connectivity index (χ3n) is 2.94. The van der Waals surface area contributed by atoms with Gasteiger partial charge in [-0.05, 0) is 24.0 Å². The number of hydrogen-bond donors (Lipinski definition) is 1. The standard InChI is InChI=1S/C15H20N2S/c1-4-15-17-10-12(18-15)9-16-14-8-6-5-7-13(14)11(2)3/h5-8,10-11,16H,4,9H2,1-3H3. The molecule has 0 aliphatic heterocycles. The second kappa shape index (κ2) is 6.01. The highest BCUT2D eigenvalue weighted by Crippen LogP contribution is 2.24. The van der Waals surface area contributed by atoms with Crippen LogP contribution in [0.15, 0.2) is 30.5 Å². The van der Waals surface area contributed by atoms with E-state index in [-0.39, 0.29) is 0 Å². The van der Waals surface area contributed by atoms with Gasteiger partial charge in [0, 0.05) is 16.8 Å². The lowest BCUT2D eigenvalue weighted by molar-refractivity contribution is 0.866. The van der Waals surface area contributed by atoms with Gasteiger partial charge in [-0.15, -0.1) is 11.3 Å². The molecule has 2 nitrogen and oxygen atoms in total. The van der Waals surface area contributed by atoms with Crippen LogP contribution in [0, 0.1) is 0 Å². The zero-order chi connectivity index (χ0) is 13.0. The Bertz CT molecular complexity index is 503. The quantitative estimate of drug-likeness (QED) is 0.859. The third-order valence-corrected chi connectivity index (χ3v) is 4.08. The summed E-state index contributed by atoms with van der Waals surface area (Å²) in [5.74, 6) is 0.543. The number of aromatic nitrogens is 1. The van der Waals surface area contributed by atoms with Gasteiger partial charge in [0.25, 0.3) is 0 Å². The Morgan fingerprint density at radius 2 is 2.06 bits per heavy atom. The molecule has 0 saturated carbocycles. The van der Waals surface area contributed by atoms with Gasteiger partial charge in [-0.25, -0.2) is 4.98 Å². The van der Waals surface area contributed by atoms with Gasteiger partial charge < -0.3 is 5.32 Å². The lowest BCUT2D eigenvalue weighted by Crippen LogP contribution is -2.02. The van der Waals surface area contributed by atoms with E-state index in [0.717, 1.165) is 13.0 Å². The van der Waals surface area contributed by atoms with Crippen molar-refractivity contribution in [3.05, 3.63) is 45.9 Å². The molecular weight excluding hydrogens is 240 g/mol. The minimum absolute atomic E-state index is 0.543. The van der Waals surface area contributed by atoms with Crippen LogP contribution in [0.3, 0.4) is 0 Å². The van der Waals surface area contributed by atoms with E-state index in [9.17, 15) is 0 Å². The monoisotopic (exact) mass is 260 g/mol. The van der Waals surface area contributed by atoms with E-state index >= 15 is 0 Å². The summed E-state index contributed by atoms with van der Waals surface area (Å²) >= 11 is 1.79. The highest BCUT2D eigenvalue weighted by Gasteiger charge is 2.06. The van der Waals surface area contributed by atoms with E-state index in [1.54, 1.807) is 11.3 Å². The fraction of sp³-hybridized carbons (Fsp3) is 0.400. The Kier molecular flexibility index (Phi) is 4.37. The fourth-order valence-corrected chi connectivity index (χ4v) is 2.74. The number of thiazole rings is 1. The summed E-state index contributed by atoms with van der Waals surface area (Å²) in [6, 6.07) is 8.52. The second-order valence-electron chi connectivity index (χ2n) is 4.67. The van der Waals surface area contributed by atoms with Gasteiger partial charge in [0.2, 0.25) is 0 Å². The van der Waals surface area contributed by atoms with Crippen molar-refractivity contribution in [1.82, 2.24) is 4.98 Å². The minimum Gasteiger partial charge on any atom is -0.380 e. The molecule has 0 atom stereocenters. The SMILES string of the molecule is CCc1ncc(CNc2ccccc2C(C)C)s1. The fourth-order valence-electron chi connectivity index (χ4n) is 1.94. The van der Waals surface area contributed by atoms with Crippen molar-refractivity contribution in [3.8, 4) is 0 Å². The Morgan fingerprint density at radius 1 is 1.28 bits per heavy atom. The average molecular weight is 260 g/mol. The van der Waals surface area contributed by atoms with Crippen LogP contribution in [0.5, 0.6) is 0 Å². The normalized spacial score (nSPS) is 10.9. The number of benzene rings is 1. The molecule has 1 heterocycles. The number of nitrogens with one attached hydrogen (secondary N) is 1. The van der Waals surface area contributed by atoms with Gasteiger partial charge in [0.15, 0.2) is 0 Å². The molecule has 0 aliphatic carbocycles. The molecule has 0 spiro atoms. The predicted molar refractivity (Wildman–Crippen MR) is 79.3 cm³/mol. The lowest BCUT2D eigenvalue weighted by atomic mass is 10.0. The maximum Gasteiger partial charge on any atom is 0.0925 e. The molecule has 0 saturated heterocycles. The Balaban J connectivity index is 2.05. The van der Waals surface area contributed by atoms with Crippen molar-refractivity contribution < 1.29 is 0 Å². The van der Waals surface area contributed by atoms with E-state index in [1.165, 1.54) is 21.1 Å². The summed E-state index contributed by atoms with van der Waals surface area (Å²) < 4.78 is 0. The van der Waals surface area contributed by atoms with Crippen molar-refractivity contribution in [2.24, 2.45) is 0 Å². The molecular formula is C15H20N2S. The summed E-state index contributed by atoms with van der Waals surface area (Å²) in [7, 11) is 0. The van der Waals surface area contributed by atoms with Crippen LogP contribution in [-0.4, -0.2) is 4.98 Å². The molecule has 0 aliphatic rings. The van der Waals surface area contributed by atoms with Crippen LogP contribution in [0.25, 0.3) is 0 Å². The molecule has 2 aromatic rings. The van der Waals surface area contributed by atoms with Gasteiger partial charge in [-0.1, -0.05) is 39.0 Å². The highest BCUT2D eigenvalue weighted by atomic mass is 32.1. The molecule has 18 heavy (non-hydrogen) atoms. The zero-order valence-electron chi connectivity index (χ0n) is 11.2. The first-order chi connectivity index (χ1) is 8.70. The smallest absolute Gasteiger partial charge is 0.0925 e. The van der Waals surface area contributed by atoms with E-state index in [4.69, 9.17) is 0 Å². The molecule has 1 N–H and O–H groups in total. The van der Waals surface area contributed by atoms with Crippen LogP contribution in [-0.2, 0) is 13.0 Å². The Labute approximate surface area is 113 Å². The van der Waals surface area contributed by atoms with Crippen molar-refractivity contribution in [3.63, 3.8) is 0 Å². The molecule has 0 unspecified atom stereocenters. The van der Waals surface area contributed by atoms with Crippen LogP contribution in [0.1, 0.15) is 42.1 Å². The first-order valence-corrected chi connectivity index (χ1v) is 7.28. The molecule has 2 rings (SSSR count). The summed E-state index contributed by atoms with van der Waals surface area (Å²) in [6.45, 7) is 7.45. The number of para-hydroxylation sites is 1. The molecule has 1 aromatic carbocycles. The lowest BCUT2D eigenvalue weighted by Gasteiger charge is -2.13. The van der Waals surface area contributed by atoms with Crippen LogP contribution < -0.4 is 5.32 Å². The summed E-state index contributed by atoms with van der Waals surface area (Å²) in [4.78, 5) is 5.68. The van der Waals surface area contributed by atoms with Gasteiger partial charge in [-0.3, -0.25) is 0 Å². The largest absolute Gasteiger partial charge is 0.380 e. The second-order valence-corrected chi connectivity index (χ2v) is 5.87. The minimum atomic E-state index is 0.543. The maximum atomic E-state index is 4.38. The van der Waals surface area contributed by atoms with Gasteiger partial charge in [-0.2, -0.15) is 0 Å². The molecule has 0 bridgehead atoms. The summed E-state index contributed by atoms with van der Waals surface area (Å²) in [6.07, 6.45) is 3.00. The molecule has 96 valence electrons. The Morgan fingerprint density at radius 3 is 2.72 bits per heavy atom. The van der Waals surface area contributed by atoms with Crippen LogP contribution in [0.4, 0.5) is 5.69 Å². The van der Waals surface area contributed by atoms with Crippen LogP contribution >= 0.6 is 11.3 Å². The van der Waals surface area contributed by atoms with E-state index in [2.05, 4.69) is 55.3 Å². The van der Waals surface area contributed by atoms with E-state index in [1.807, 2.05) is 6.20 Å². The summed E-state index contributed by atoms with van der Waals surface area (Å²) in [5, 5.41) is 4.73. The first-order valence-electron chi connectivity index (χ1n) is 6.47. The van der Waals surface area contributed by atoms with E-state index < -0.39 is 0 Å². The molecule has 0 fully saturated rings. The first kappa shape index (κ1) is 13.1. The zero-order valence-corrected chi connectivity index (χ0v) is 12.1. The third kappa shape index (κ3) is 3.10. The molecule has 1 aromatic heterocycles. The van der Waals surface area contributed by atoms with Gasteiger partial charge >= 0.3 is 0 Å². The molecule has 3 heteroatoms. The predicted octanol–water partition coefficient (Wildman–Crippen LogP) is 4.44.